The lowest BCUT2D eigenvalue weighted by molar-refractivity contribution is -0.384. The number of nitrogens with zero attached hydrogens (tertiary/aromatic N) is 1. The van der Waals surface area contributed by atoms with Crippen LogP contribution in [0.25, 0.3) is 0 Å². The summed E-state index contributed by atoms with van der Waals surface area (Å²) < 4.78 is 24.0. The number of rotatable bonds is 5. The summed E-state index contributed by atoms with van der Waals surface area (Å²) in [4.78, 5) is 23.2. The zero-order valence-electron chi connectivity index (χ0n) is 11.8. The molecule has 24 heavy (non-hydrogen) atoms. The number of hydrogen-bond donors (Lipinski definition) is 4. The summed E-state index contributed by atoms with van der Waals surface area (Å²) in [6.45, 7) is 0. The fourth-order valence-corrected chi connectivity index (χ4v) is 2.54. The van der Waals surface area contributed by atoms with Crippen molar-refractivity contribution in [1.29, 1.82) is 0 Å². The predicted octanol–water partition coefficient (Wildman–Crippen LogP) is 0.629. The summed E-state index contributed by atoms with van der Waals surface area (Å²) in [5.74, 6) is -1.77. The first kappa shape index (κ1) is 17.2. The number of aromatic hydroxyl groups is 2. The Morgan fingerprint density at radius 1 is 1.08 bits per heavy atom. The van der Waals surface area contributed by atoms with Gasteiger partial charge in [-0.25, -0.2) is 8.42 Å². The number of hydrogen-bond acceptors (Lipinski definition) is 7. The van der Waals surface area contributed by atoms with Gasteiger partial charge in [0.15, 0.2) is 0 Å². The molecule has 4 N–H and O–H groups in total. The van der Waals surface area contributed by atoms with Crippen molar-refractivity contribution in [1.82, 2.24) is 10.3 Å². The first-order chi connectivity index (χ1) is 11.2. The molecular weight excluding hydrogens is 342 g/mol. The SMILES string of the molecule is O=C(NNS(=O)(=O)c1ccc([N+](=O)[O-])cc1)c1ccc(O)cc1O. The third-order valence-corrected chi connectivity index (χ3v) is 4.15. The number of sulfonamides is 1. The highest BCUT2D eigenvalue weighted by molar-refractivity contribution is 7.89. The molecule has 0 aliphatic rings. The Hall–Kier alpha value is -3.18. The molecule has 0 fully saturated rings. The molecule has 2 rings (SSSR count). The number of benzene rings is 2. The zero-order valence-corrected chi connectivity index (χ0v) is 12.6. The molecule has 0 aliphatic heterocycles. The molecule has 0 radical (unpaired) electrons. The van der Waals surface area contributed by atoms with Gasteiger partial charge in [0.25, 0.3) is 21.6 Å². The van der Waals surface area contributed by atoms with E-state index in [1.165, 1.54) is 0 Å². The van der Waals surface area contributed by atoms with E-state index in [-0.39, 0.29) is 21.9 Å². The largest absolute Gasteiger partial charge is 0.508 e. The number of nitrogens with one attached hydrogen (secondary N) is 2. The molecule has 0 bridgehead atoms. The van der Waals surface area contributed by atoms with Crippen LogP contribution in [0.2, 0.25) is 0 Å². The minimum atomic E-state index is -4.16. The Balaban J connectivity index is 2.12. The summed E-state index contributed by atoms with van der Waals surface area (Å²) in [7, 11) is -4.16. The molecule has 0 heterocycles. The van der Waals surface area contributed by atoms with Crippen LogP contribution in [0.1, 0.15) is 10.4 Å². The van der Waals surface area contributed by atoms with Gasteiger partial charge in [-0.15, -0.1) is 4.83 Å². The molecule has 0 saturated heterocycles. The van der Waals surface area contributed by atoms with E-state index in [2.05, 4.69) is 0 Å². The second-order valence-corrected chi connectivity index (χ2v) is 6.19. The summed E-state index contributed by atoms with van der Waals surface area (Å²) in [6.07, 6.45) is 0. The van der Waals surface area contributed by atoms with Crippen molar-refractivity contribution in [2.45, 2.75) is 4.90 Å². The van der Waals surface area contributed by atoms with E-state index in [0.29, 0.717) is 0 Å². The maximum atomic E-state index is 12.0. The van der Waals surface area contributed by atoms with Crippen LogP contribution in [-0.2, 0) is 10.0 Å². The van der Waals surface area contributed by atoms with Gasteiger partial charge in [0.05, 0.1) is 15.4 Å². The van der Waals surface area contributed by atoms with E-state index in [4.69, 9.17) is 5.11 Å². The van der Waals surface area contributed by atoms with Gasteiger partial charge in [-0.05, 0) is 24.3 Å². The molecule has 126 valence electrons. The van der Waals surface area contributed by atoms with Crippen molar-refractivity contribution >= 4 is 21.6 Å². The Kier molecular flexibility index (Phi) is 4.66. The van der Waals surface area contributed by atoms with Crippen LogP contribution < -0.4 is 10.3 Å². The topological polar surface area (TPSA) is 159 Å². The molecule has 0 spiro atoms. The Morgan fingerprint density at radius 3 is 2.25 bits per heavy atom. The third kappa shape index (κ3) is 3.77. The molecule has 0 unspecified atom stereocenters. The molecule has 0 atom stereocenters. The average Bonchev–Trinajstić information content (AvgIpc) is 2.53. The quantitative estimate of drug-likeness (QED) is 0.453. The van der Waals surface area contributed by atoms with E-state index in [1.807, 2.05) is 5.43 Å². The molecule has 2 aromatic carbocycles. The smallest absolute Gasteiger partial charge is 0.269 e. The number of carbonyl (C=O) groups excluding carboxylic acids is 1. The van der Waals surface area contributed by atoms with Gasteiger partial charge in [0, 0.05) is 18.2 Å². The standard InChI is InChI=1S/C13H11N3O7S/c17-9-3-6-11(12(18)7-9)13(19)14-15-24(22,23)10-4-1-8(2-5-10)16(20)21/h1-7,15,17-18H,(H,14,19). The fourth-order valence-electron chi connectivity index (χ4n) is 1.70. The molecular formula is C13H11N3O7S. The lowest BCUT2D eigenvalue weighted by Crippen LogP contribution is -2.41. The Labute approximate surface area is 135 Å². The summed E-state index contributed by atoms with van der Waals surface area (Å²) in [5.41, 5.74) is 1.33. The van der Waals surface area contributed by atoms with E-state index in [1.54, 1.807) is 4.83 Å². The lowest BCUT2D eigenvalue weighted by Gasteiger charge is -2.09. The first-order valence-corrected chi connectivity index (χ1v) is 7.77. The summed E-state index contributed by atoms with van der Waals surface area (Å²) in [5, 5.41) is 29.2. The number of nitro benzene ring substituents is 1. The van der Waals surface area contributed by atoms with Crippen molar-refractivity contribution in [3.05, 3.63) is 58.1 Å². The highest BCUT2D eigenvalue weighted by atomic mass is 32.2. The van der Waals surface area contributed by atoms with Gasteiger partial charge >= 0.3 is 0 Å². The van der Waals surface area contributed by atoms with Crippen molar-refractivity contribution in [3.8, 4) is 11.5 Å². The fraction of sp³-hybridized carbons (Fsp3) is 0. The summed E-state index contributed by atoms with van der Waals surface area (Å²) >= 11 is 0. The van der Waals surface area contributed by atoms with Gasteiger partial charge in [-0.2, -0.15) is 0 Å². The van der Waals surface area contributed by atoms with Crippen molar-refractivity contribution < 1.29 is 28.3 Å². The normalized spacial score (nSPS) is 11.0. The maximum absolute atomic E-state index is 12.0. The second kappa shape index (κ2) is 6.52. The van der Waals surface area contributed by atoms with Crippen molar-refractivity contribution in [2.75, 3.05) is 0 Å². The van der Waals surface area contributed by atoms with E-state index in [0.717, 1.165) is 42.5 Å². The molecule has 0 aliphatic carbocycles. The Bertz CT molecular complexity index is 894. The van der Waals surface area contributed by atoms with Crippen LogP contribution in [0.3, 0.4) is 0 Å². The van der Waals surface area contributed by atoms with Crippen molar-refractivity contribution in [3.63, 3.8) is 0 Å². The first-order valence-electron chi connectivity index (χ1n) is 6.29. The number of non-ortho nitro benzene ring substituents is 1. The number of phenols is 2. The highest BCUT2D eigenvalue weighted by Crippen LogP contribution is 2.22. The minimum Gasteiger partial charge on any atom is -0.508 e. The van der Waals surface area contributed by atoms with Crippen LogP contribution in [0.15, 0.2) is 47.4 Å². The van der Waals surface area contributed by atoms with Crippen LogP contribution in [0, 0.1) is 10.1 Å². The van der Waals surface area contributed by atoms with Crippen molar-refractivity contribution in [2.24, 2.45) is 0 Å². The van der Waals surface area contributed by atoms with E-state index >= 15 is 0 Å². The monoisotopic (exact) mass is 353 g/mol. The summed E-state index contributed by atoms with van der Waals surface area (Å²) in [6, 6.07) is 7.17. The van der Waals surface area contributed by atoms with Crippen LogP contribution in [-0.4, -0.2) is 29.5 Å². The molecule has 10 nitrogen and oxygen atoms in total. The molecule has 1 amide bonds. The average molecular weight is 353 g/mol. The van der Waals surface area contributed by atoms with Gasteiger partial charge in [0.1, 0.15) is 11.5 Å². The molecule has 11 heteroatoms. The maximum Gasteiger partial charge on any atom is 0.269 e. The van der Waals surface area contributed by atoms with Crippen LogP contribution >= 0.6 is 0 Å². The van der Waals surface area contributed by atoms with Gasteiger partial charge in [-0.3, -0.25) is 20.3 Å². The zero-order chi connectivity index (χ0) is 17.9. The number of carbonyl (C=O) groups is 1. The Morgan fingerprint density at radius 2 is 1.71 bits per heavy atom. The lowest BCUT2D eigenvalue weighted by atomic mass is 10.2. The predicted molar refractivity (Wildman–Crippen MR) is 80.7 cm³/mol. The van der Waals surface area contributed by atoms with Gasteiger partial charge in [0.2, 0.25) is 0 Å². The third-order valence-electron chi connectivity index (χ3n) is 2.88. The second-order valence-electron chi connectivity index (χ2n) is 4.51. The highest BCUT2D eigenvalue weighted by Gasteiger charge is 2.18. The van der Waals surface area contributed by atoms with Gasteiger partial charge in [-0.1, -0.05) is 0 Å². The van der Waals surface area contributed by atoms with E-state index in [9.17, 15) is 28.4 Å². The molecule has 0 saturated carbocycles. The van der Waals surface area contributed by atoms with E-state index < -0.39 is 26.6 Å². The number of nitro groups is 1. The molecule has 0 aromatic heterocycles. The van der Waals surface area contributed by atoms with Crippen LogP contribution in [0.5, 0.6) is 11.5 Å². The molecule has 2 aromatic rings. The minimum absolute atomic E-state index is 0.265. The number of phenolic OH excluding ortho intramolecular Hbond substituents is 2. The number of hydrazine groups is 1. The van der Waals surface area contributed by atoms with Crippen LogP contribution in [0.4, 0.5) is 5.69 Å². The van der Waals surface area contributed by atoms with Gasteiger partial charge < -0.3 is 10.2 Å². The number of amides is 1.